The highest BCUT2D eigenvalue weighted by Crippen LogP contribution is 2.36. The number of hydrogen-bond donors (Lipinski definition) is 0. The molecule has 0 aliphatic heterocycles. The Morgan fingerprint density at radius 1 is 1.12 bits per heavy atom. The van der Waals surface area contributed by atoms with Crippen molar-refractivity contribution in [1.82, 2.24) is 0 Å². The van der Waals surface area contributed by atoms with Crippen LogP contribution >= 0.6 is 0 Å². The molecule has 0 spiro atoms. The minimum atomic E-state index is -0.483. The molecule has 0 saturated heterocycles. The maximum Gasteiger partial charge on any atom is 0.169 e. The molecule has 16 heavy (non-hydrogen) atoms. The van der Waals surface area contributed by atoms with E-state index in [1.807, 2.05) is 27.7 Å². The summed E-state index contributed by atoms with van der Waals surface area (Å²) in [7, 11) is 0. The average Bonchev–Trinajstić information content (AvgIpc) is 2.42. The lowest BCUT2D eigenvalue weighted by Crippen LogP contribution is -2.47. The monoisotopic (exact) mass is 226 g/mol. The smallest absolute Gasteiger partial charge is 0.169 e. The van der Waals surface area contributed by atoms with E-state index in [-0.39, 0.29) is 5.41 Å². The van der Waals surface area contributed by atoms with E-state index in [0.29, 0.717) is 12.4 Å². The van der Waals surface area contributed by atoms with Crippen molar-refractivity contribution >= 4 is 5.78 Å². The number of rotatable bonds is 3. The summed E-state index contributed by atoms with van der Waals surface area (Å²) in [6.07, 6.45) is 6.57. The molecule has 1 aliphatic carbocycles. The first kappa shape index (κ1) is 13.7. The van der Waals surface area contributed by atoms with Crippen LogP contribution in [0.2, 0.25) is 0 Å². The molecule has 0 amide bonds. The van der Waals surface area contributed by atoms with Gasteiger partial charge < -0.3 is 4.74 Å². The predicted octanol–water partition coefficient (Wildman–Crippen LogP) is 3.73. The summed E-state index contributed by atoms with van der Waals surface area (Å²) in [6.45, 7) is 8.63. The zero-order valence-corrected chi connectivity index (χ0v) is 11.3. The molecule has 1 saturated carbocycles. The lowest BCUT2D eigenvalue weighted by molar-refractivity contribution is -0.154. The van der Waals surface area contributed by atoms with Crippen molar-refractivity contribution in [3.63, 3.8) is 0 Å². The molecule has 1 aliphatic rings. The summed E-state index contributed by atoms with van der Waals surface area (Å²) >= 11 is 0. The third-order valence-corrected chi connectivity index (χ3v) is 3.43. The van der Waals surface area contributed by atoms with E-state index in [0.717, 1.165) is 25.7 Å². The van der Waals surface area contributed by atoms with Crippen molar-refractivity contribution in [2.24, 2.45) is 5.41 Å². The molecular weight excluding hydrogens is 200 g/mol. The Hall–Kier alpha value is -0.370. The van der Waals surface area contributed by atoms with Crippen molar-refractivity contribution in [3.05, 3.63) is 0 Å². The second-order valence-electron chi connectivity index (χ2n) is 5.92. The van der Waals surface area contributed by atoms with Crippen LogP contribution in [0.25, 0.3) is 0 Å². The molecule has 0 aromatic carbocycles. The first-order chi connectivity index (χ1) is 7.42. The van der Waals surface area contributed by atoms with E-state index in [9.17, 15) is 4.79 Å². The number of ether oxygens (including phenoxy) is 1. The van der Waals surface area contributed by atoms with E-state index in [1.165, 1.54) is 12.8 Å². The van der Waals surface area contributed by atoms with E-state index >= 15 is 0 Å². The zero-order chi connectivity index (χ0) is 12.2. The maximum atomic E-state index is 12.6. The third-order valence-electron chi connectivity index (χ3n) is 3.43. The fraction of sp³-hybridized carbons (Fsp3) is 0.929. The molecule has 0 unspecified atom stereocenters. The van der Waals surface area contributed by atoms with E-state index < -0.39 is 5.60 Å². The molecule has 2 heteroatoms. The van der Waals surface area contributed by atoms with E-state index in [1.54, 1.807) is 0 Å². The first-order valence-electron chi connectivity index (χ1n) is 6.61. The molecule has 1 fully saturated rings. The van der Waals surface area contributed by atoms with Gasteiger partial charge in [0, 0.05) is 12.0 Å². The summed E-state index contributed by atoms with van der Waals surface area (Å²) < 4.78 is 5.89. The van der Waals surface area contributed by atoms with Crippen LogP contribution in [-0.4, -0.2) is 18.0 Å². The highest BCUT2D eigenvalue weighted by molar-refractivity contribution is 5.91. The summed E-state index contributed by atoms with van der Waals surface area (Å²) in [6, 6.07) is 0. The van der Waals surface area contributed by atoms with Crippen LogP contribution in [0.3, 0.4) is 0 Å². The Bertz CT molecular complexity index is 230. The van der Waals surface area contributed by atoms with Gasteiger partial charge in [-0.15, -0.1) is 0 Å². The van der Waals surface area contributed by atoms with Gasteiger partial charge in [0.05, 0.1) is 0 Å². The Balaban J connectivity index is 2.89. The second kappa shape index (κ2) is 5.31. The van der Waals surface area contributed by atoms with Crippen LogP contribution in [0.5, 0.6) is 0 Å². The molecule has 0 radical (unpaired) electrons. The van der Waals surface area contributed by atoms with Crippen LogP contribution in [0.1, 0.15) is 66.2 Å². The minimum Gasteiger partial charge on any atom is -0.367 e. The normalized spacial score (nSPS) is 21.5. The van der Waals surface area contributed by atoms with Gasteiger partial charge in [0.25, 0.3) is 0 Å². The highest BCUT2D eigenvalue weighted by atomic mass is 16.5. The van der Waals surface area contributed by atoms with Crippen LogP contribution in [-0.2, 0) is 9.53 Å². The quantitative estimate of drug-likeness (QED) is 0.685. The van der Waals surface area contributed by atoms with Gasteiger partial charge in [-0.1, -0.05) is 46.5 Å². The van der Waals surface area contributed by atoms with Gasteiger partial charge in [0.15, 0.2) is 5.78 Å². The summed E-state index contributed by atoms with van der Waals surface area (Å²) in [5.74, 6) is 0.295. The molecule has 1 rings (SSSR count). The molecule has 0 N–H and O–H groups in total. The van der Waals surface area contributed by atoms with E-state index in [4.69, 9.17) is 4.74 Å². The van der Waals surface area contributed by atoms with Crippen LogP contribution in [0.4, 0.5) is 0 Å². The molecule has 0 aromatic rings. The molecule has 0 aromatic heterocycles. The highest BCUT2D eigenvalue weighted by Gasteiger charge is 2.44. The second-order valence-corrected chi connectivity index (χ2v) is 5.92. The molecule has 0 heterocycles. The van der Waals surface area contributed by atoms with Gasteiger partial charge >= 0.3 is 0 Å². The van der Waals surface area contributed by atoms with Crippen molar-refractivity contribution < 1.29 is 9.53 Å². The van der Waals surface area contributed by atoms with Gasteiger partial charge in [-0.25, -0.2) is 0 Å². The van der Waals surface area contributed by atoms with Crippen LogP contribution in [0, 0.1) is 5.41 Å². The van der Waals surface area contributed by atoms with Crippen molar-refractivity contribution in [3.8, 4) is 0 Å². The topological polar surface area (TPSA) is 26.3 Å². The Morgan fingerprint density at radius 3 is 2.00 bits per heavy atom. The van der Waals surface area contributed by atoms with Gasteiger partial charge in [0.2, 0.25) is 0 Å². The minimum absolute atomic E-state index is 0.292. The van der Waals surface area contributed by atoms with Gasteiger partial charge in [0.1, 0.15) is 5.60 Å². The standard InChI is InChI=1S/C14H26O2/c1-5-16-14(12(15)13(2,3)4)10-8-6-7-9-11-14/h5-11H2,1-4H3. The largest absolute Gasteiger partial charge is 0.367 e. The summed E-state index contributed by atoms with van der Waals surface area (Å²) in [5.41, 5.74) is -0.775. The Morgan fingerprint density at radius 2 is 1.62 bits per heavy atom. The number of ketones is 1. The average molecular weight is 226 g/mol. The Kier molecular flexibility index (Phi) is 4.54. The SMILES string of the molecule is CCOC1(C(=O)C(C)(C)C)CCCCCC1. The van der Waals surface area contributed by atoms with E-state index in [2.05, 4.69) is 0 Å². The van der Waals surface area contributed by atoms with Gasteiger partial charge in [-0.05, 0) is 19.8 Å². The van der Waals surface area contributed by atoms with Gasteiger partial charge in [-0.3, -0.25) is 4.79 Å². The summed E-state index contributed by atoms with van der Waals surface area (Å²) in [5, 5.41) is 0. The molecule has 94 valence electrons. The lowest BCUT2D eigenvalue weighted by Gasteiger charge is -2.36. The number of Topliss-reactive ketones (excluding diaryl/α,β-unsaturated/α-hetero) is 1. The number of carbonyl (C=O) groups is 1. The molecular formula is C14H26O2. The van der Waals surface area contributed by atoms with Crippen molar-refractivity contribution in [1.29, 1.82) is 0 Å². The van der Waals surface area contributed by atoms with Crippen LogP contribution < -0.4 is 0 Å². The molecule has 0 atom stereocenters. The van der Waals surface area contributed by atoms with Gasteiger partial charge in [-0.2, -0.15) is 0 Å². The fourth-order valence-electron chi connectivity index (χ4n) is 2.70. The van der Waals surface area contributed by atoms with Crippen LogP contribution in [0.15, 0.2) is 0 Å². The molecule has 0 bridgehead atoms. The Labute approximate surface area is 99.8 Å². The predicted molar refractivity (Wildman–Crippen MR) is 66.5 cm³/mol. The number of carbonyl (C=O) groups excluding carboxylic acids is 1. The van der Waals surface area contributed by atoms with Crippen molar-refractivity contribution in [2.45, 2.75) is 71.8 Å². The summed E-state index contributed by atoms with van der Waals surface area (Å²) in [4.78, 5) is 12.6. The lowest BCUT2D eigenvalue weighted by atomic mass is 9.76. The van der Waals surface area contributed by atoms with Crippen molar-refractivity contribution in [2.75, 3.05) is 6.61 Å². The fourth-order valence-corrected chi connectivity index (χ4v) is 2.70. The number of hydrogen-bond acceptors (Lipinski definition) is 2. The first-order valence-corrected chi connectivity index (χ1v) is 6.61. The maximum absolute atomic E-state index is 12.6. The zero-order valence-electron chi connectivity index (χ0n) is 11.3. The molecule has 2 nitrogen and oxygen atoms in total. The third kappa shape index (κ3) is 3.07.